The molecule has 188 valence electrons. The number of rotatable bonds is 7. The molecule has 0 radical (unpaired) electrons. The van der Waals surface area contributed by atoms with Gasteiger partial charge in [0.2, 0.25) is 0 Å². The number of anilines is 2. The summed E-state index contributed by atoms with van der Waals surface area (Å²) in [5.41, 5.74) is 3.94. The number of urea groups is 1. The summed E-state index contributed by atoms with van der Waals surface area (Å²) >= 11 is 1.55. The van der Waals surface area contributed by atoms with Crippen LogP contribution in [0.15, 0.2) is 53.9 Å². The number of benzene rings is 2. The molecular formula is C28H31N3O4S. The molecule has 0 bridgehead atoms. The van der Waals surface area contributed by atoms with E-state index in [0.717, 1.165) is 53.7 Å². The van der Waals surface area contributed by atoms with Crippen molar-refractivity contribution in [1.29, 1.82) is 0 Å². The number of carboxylic acid groups (broad SMARTS) is 1. The molecule has 1 aromatic heterocycles. The highest BCUT2D eigenvalue weighted by Gasteiger charge is 2.31. The maximum Gasteiger partial charge on any atom is 0.326 e. The summed E-state index contributed by atoms with van der Waals surface area (Å²) in [6, 6.07) is 13.4. The Kier molecular flexibility index (Phi) is 8.05. The standard InChI is InChI=1S/C28H31N3O4S/c1-17-8-6-9-18(2)24(17)31-28(35)29-22-16-20(23-12-7-15-36-23)13-14-21(22)26(32)30-25(27(33)34)19-10-4-3-5-11-19/h6-9,12-16,19,25H,3-5,10-11H2,1-2H3,(H,30,32)(H,33,34)(H2,29,31,35)/t25-/m0/s1. The number of nitrogens with one attached hydrogen (secondary N) is 3. The Morgan fingerprint density at radius 2 is 1.67 bits per heavy atom. The number of para-hydroxylation sites is 1. The summed E-state index contributed by atoms with van der Waals surface area (Å²) in [7, 11) is 0. The molecule has 0 spiro atoms. The van der Waals surface area contributed by atoms with E-state index in [1.54, 1.807) is 23.5 Å². The first kappa shape index (κ1) is 25.4. The fourth-order valence-corrected chi connectivity index (χ4v) is 5.51. The number of carboxylic acids is 1. The van der Waals surface area contributed by atoms with Crippen LogP contribution in [0.2, 0.25) is 0 Å². The summed E-state index contributed by atoms with van der Waals surface area (Å²) in [5.74, 6) is -1.66. The maximum atomic E-state index is 13.3. The highest BCUT2D eigenvalue weighted by molar-refractivity contribution is 7.13. The topological polar surface area (TPSA) is 108 Å². The quantitative estimate of drug-likeness (QED) is 0.296. The van der Waals surface area contributed by atoms with Crippen LogP contribution in [0.25, 0.3) is 10.4 Å². The minimum Gasteiger partial charge on any atom is -0.480 e. The van der Waals surface area contributed by atoms with Crippen molar-refractivity contribution in [2.45, 2.75) is 52.0 Å². The Labute approximate surface area is 214 Å². The molecule has 0 saturated heterocycles. The van der Waals surface area contributed by atoms with Crippen LogP contribution < -0.4 is 16.0 Å². The summed E-state index contributed by atoms with van der Waals surface area (Å²) in [6.07, 6.45) is 4.57. The Morgan fingerprint density at radius 1 is 0.944 bits per heavy atom. The molecule has 0 aliphatic heterocycles. The van der Waals surface area contributed by atoms with Crippen LogP contribution >= 0.6 is 11.3 Å². The minimum atomic E-state index is -1.03. The van der Waals surface area contributed by atoms with Gasteiger partial charge in [-0.25, -0.2) is 9.59 Å². The second-order valence-corrected chi connectivity index (χ2v) is 10.2. The molecule has 1 aliphatic carbocycles. The summed E-state index contributed by atoms with van der Waals surface area (Å²) in [6.45, 7) is 3.83. The average molecular weight is 506 g/mol. The van der Waals surface area contributed by atoms with Gasteiger partial charge in [-0.05, 0) is 72.9 Å². The first-order valence-corrected chi connectivity index (χ1v) is 13.1. The van der Waals surface area contributed by atoms with Crippen LogP contribution in [-0.2, 0) is 4.79 Å². The van der Waals surface area contributed by atoms with Gasteiger partial charge in [-0.2, -0.15) is 0 Å². The average Bonchev–Trinajstić information content (AvgIpc) is 3.40. The first-order chi connectivity index (χ1) is 17.3. The summed E-state index contributed by atoms with van der Waals surface area (Å²) in [4.78, 5) is 39.3. The van der Waals surface area contributed by atoms with E-state index < -0.39 is 23.9 Å². The third-order valence-corrected chi connectivity index (χ3v) is 7.63. The molecule has 8 heteroatoms. The van der Waals surface area contributed by atoms with Crippen molar-refractivity contribution < 1.29 is 19.5 Å². The second kappa shape index (κ2) is 11.4. The molecule has 1 saturated carbocycles. The van der Waals surface area contributed by atoms with E-state index in [9.17, 15) is 19.5 Å². The molecule has 4 rings (SSSR count). The Bertz CT molecular complexity index is 1230. The SMILES string of the molecule is Cc1cccc(C)c1NC(=O)Nc1cc(-c2cccs2)ccc1C(=O)N[C@H](C(=O)O)C1CCCCC1. The predicted molar refractivity (Wildman–Crippen MR) is 144 cm³/mol. The van der Waals surface area contributed by atoms with E-state index in [2.05, 4.69) is 16.0 Å². The summed E-state index contributed by atoms with van der Waals surface area (Å²) in [5, 5.41) is 20.2. The lowest BCUT2D eigenvalue weighted by atomic mass is 9.83. The molecule has 1 atom stereocenters. The van der Waals surface area contributed by atoms with Gasteiger partial charge in [-0.15, -0.1) is 11.3 Å². The lowest BCUT2D eigenvalue weighted by molar-refractivity contribution is -0.141. The van der Waals surface area contributed by atoms with E-state index in [0.29, 0.717) is 11.4 Å². The van der Waals surface area contributed by atoms with Crippen molar-refractivity contribution >= 4 is 40.6 Å². The lowest BCUT2D eigenvalue weighted by Crippen LogP contribution is -2.46. The zero-order valence-electron chi connectivity index (χ0n) is 20.5. The van der Waals surface area contributed by atoms with Crippen molar-refractivity contribution in [3.63, 3.8) is 0 Å². The Balaban J connectivity index is 1.61. The largest absolute Gasteiger partial charge is 0.480 e. The van der Waals surface area contributed by atoms with Crippen LogP contribution in [-0.4, -0.2) is 29.1 Å². The highest BCUT2D eigenvalue weighted by Crippen LogP contribution is 2.31. The van der Waals surface area contributed by atoms with Gasteiger partial charge in [0.25, 0.3) is 5.91 Å². The number of carbonyl (C=O) groups excluding carboxylic acids is 2. The number of thiophene rings is 1. The molecule has 36 heavy (non-hydrogen) atoms. The molecule has 4 N–H and O–H groups in total. The third-order valence-electron chi connectivity index (χ3n) is 6.71. The number of amides is 3. The van der Waals surface area contributed by atoms with Crippen molar-refractivity contribution in [1.82, 2.24) is 5.32 Å². The van der Waals surface area contributed by atoms with Crippen molar-refractivity contribution in [2.24, 2.45) is 5.92 Å². The van der Waals surface area contributed by atoms with Crippen LogP contribution in [0.4, 0.5) is 16.2 Å². The van der Waals surface area contributed by atoms with Crippen molar-refractivity contribution in [2.75, 3.05) is 10.6 Å². The van der Waals surface area contributed by atoms with Gasteiger partial charge in [0.1, 0.15) is 6.04 Å². The smallest absolute Gasteiger partial charge is 0.326 e. The monoisotopic (exact) mass is 505 g/mol. The van der Waals surface area contributed by atoms with Gasteiger partial charge in [0.15, 0.2) is 0 Å². The number of hydrogen-bond donors (Lipinski definition) is 4. The molecule has 2 aromatic carbocycles. The molecule has 3 amide bonds. The zero-order valence-corrected chi connectivity index (χ0v) is 21.3. The van der Waals surface area contributed by atoms with E-state index in [1.165, 1.54) is 0 Å². The van der Waals surface area contributed by atoms with Gasteiger partial charge in [-0.1, -0.05) is 49.6 Å². The van der Waals surface area contributed by atoms with E-state index >= 15 is 0 Å². The van der Waals surface area contributed by atoms with Gasteiger partial charge in [0, 0.05) is 10.6 Å². The Morgan fingerprint density at radius 3 is 2.31 bits per heavy atom. The molecule has 7 nitrogen and oxygen atoms in total. The van der Waals surface area contributed by atoms with Gasteiger partial charge in [-0.3, -0.25) is 4.79 Å². The van der Waals surface area contributed by atoms with Gasteiger partial charge >= 0.3 is 12.0 Å². The van der Waals surface area contributed by atoms with Gasteiger partial charge in [0.05, 0.1) is 11.3 Å². The summed E-state index contributed by atoms with van der Waals surface area (Å²) < 4.78 is 0. The zero-order chi connectivity index (χ0) is 25.7. The van der Waals surface area contributed by atoms with Crippen LogP contribution in [0.1, 0.15) is 53.6 Å². The number of carbonyl (C=O) groups is 3. The van der Waals surface area contributed by atoms with E-state index in [4.69, 9.17) is 0 Å². The fourth-order valence-electron chi connectivity index (χ4n) is 4.79. The minimum absolute atomic E-state index is 0.102. The third kappa shape index (κ3) is 5.94. The van der Waals surface area contributed by atoms with Gasteiger partial charge < -0.3 is 21.1 Å². The van der Waals surface area contributed by atoms with Crippen molar-refractivity contribution in [3.05, 3.63) is 70.6 Å². The molecule has 3 aromatic rings. The number of hydrogen-bond acceptors (Lipinski definition) is 4. The van der Waals surface area contributed by atoms with E-state index in [1.807, 2.05) is 55.6 Å². The van der Waals surface area contributed by atoms with Crippen LogP contribution in [0, 0.1) is 19.8 Å². The number of aryl methyl sites for hydroxylation is 2. The Hall–Kier alpha value is -3.65. The van der Waals surface area contributed by atoms with E-state index in [-0.39, 0.29) is 11.5 Å². The molecule has 1 aliphatic rings. The highest BCUT2D eigenvalue weighted by atomic mass is 32.1. The maximum absolute atomic E-state index is 13.3. The first-order valence-electron chi connectivity index (χ1n) is 12.2. The molecule has 0 unspecified atom stereocenters. The lowest BCUT2D eigenvalue weighted by Gasteiger charge is -2.28. The predicted octanol–water partition coefficient (Wildman–Crippen LogP) is 6.44. The molecular weight excluding hydrogens is 474 g/mol. The molecule has 1 fully saturated rings. The van der Waals surface area contributed by atoms with Crippen LogP contribution in [0.3, 0.4) is 0 Å². The second-order valence-electron chi connectivity index (χ2n) is 9.27. The molecule has 1 heterocycles. The number of aliphatic carboxylic acids is 1. The van der Waals surface area contributed by atoms with Crippen LogP contribution in [0.5, 0.6) is 0 Å². The normalized spacial score (nSPS) is 14.6. The van der Waals surface area contributed by atoms with Crippen molar-refractivity contribution in [3.8, 4) is 10.4 Å². The fraction of sp³-hybridized carbons (Fsp3) is 0.321.